The van der Waals surface area contributed by atoms with E-state index in [0.717, 1.165) is 44.8 Å². The minimum Gasteiger partial charge on any atom is -0.357 e. The number of ketones is 1. The van der Waals surface area contributed by atoms with Gasteiger partial charge in [0, 0.05) is 10.6 Å². The second-order valence-corrected chi connectivity index (χ2v) is 9.07. The molecular formula is C25H29ClO2. The number of Topliss-reactive ketones (excluding diaryl/α,β-unsaturated/α-hetero) is 1. The van der Waals surface area contributed by atoms with Crippen molar-refractivity contribution in [3.63, 3.8) is 0 Å². The Kier molecular flexibility index (Phi) is 5.33. The molecule has 2 aromatic carbocycles. The number of halogens is 1. The molecule has 3 rings (SSSR count). The summed E-state index contributed by atoms with van der Waals surface area (Å²) in [5, 5.41) is 0.730. The number of benzene rings is 2. The Morgan fingerprint density at radius 3 is 2.21 bits per heavy atom. The van der Waals surface area contributed by atoms with Crippen LogP contribution in [0.15, 0.2) is 42.0 Å². The van der Waals surface area contributed by atoms with Crippen LogP contribution in [0.3, 0.4) is 0 Å². The fourth-order valence-corrected chi connectivity index (χ4v) is 4.32. The molecule has 0 spiro atoms. The van der Waals surface area contributed by atoms with E-state index in [1.165, 1.54) is 5.56 Å². The number of carbonyl (C=O) groups is 1. The summed E-state index contributed by atoms with van der Waals surface area (Å²) in [6.45, 7) is 14.0. The van der Waals surface area contributed by atoms with Crippen molar-refractivity contribution < 1.29 is 9.53 Å². The zero-order valence-corrected chi connectivity index (χ0v) is 18.6. The normalized spacial score (nSPS) is 18.5. The summed E-state index contributed by atoms with van der Waals surface area (Å²) >= 11 is 6.14. The van der Waals surface area contributed by atoms with Gasteiger partial charge >= 0.3 is 0 Å². The van der Waals surface area contributed by atoms with Crippen LogP contribution in [0.2, 0.25) is 5.02 Å². The zero-order valence-electron chi connectivity index (χ0n) is 17.9. The minimum atomic E-state index is -0.852. The summed E-state index contributed by atoms with van der Waals surface area (Å²) in [6, 6.07) is 12.4. The first-order valence-corrected chi connectivity index (χ1v) is 10.2. The van der Waals surface area contributed by atoms with E-state index in [4.69, 9.17) is 16.3 Å². The van der Waals surface area contributed by atoms with Crippen LogP contribution in [0.1, 0.15) is 58.2 Å². The van der Waals surface area contributed by atoms with Gasteiger partial charge in [-0.25, -0.2) is 0 Å². The number of carbonyl (C=O) groups excluding carboxylic acids is 1. The summed E-state index contributed by atoms with van der Waals surface area (Å²) in [6.07, 6.45) is 0.862. The van der Waals surface area contributed by atoms with Crippen molar-refractivity contribution in [1.82, 2.24) is 0 Å². The second kappa shape index (κ2) is 7.17. The van der Waals surface area contributed by atoms with Crippen molar-refractivity contribution in [2.45, 2.75) is 66.1 Å². The molecule has 0 N–H and O–H groups in total. The van der Waals surface area contributed by atoms with Crippen LogP contribution >= 0.6 is 11.6 Å². The average molecular weight is 397 g/mol. The quantitative estimate of drug-likeness (QED) is 0.569. The van der Waals surface area contributed by atoms with E-state index in [1.54, 1.807) is 0 Å². The SMILES string of the molecule is CCc1ccc(-c2ccc(Cl)cc2C)cc1C1=C(C)C(C)(C)OC(C)(C)C1=O. The summed E-state index contributed by atoms with van der Waals surface area (Å²) in [5.74, 6) is 0.0454. The van der Waals surface area contributed by atoms with E-state index >= 15 is 0 Å². The van der Waals surface area contributed by atoms with Crippen molar-refractivity contribution in [3.8, 4) is 11.1 Å². The predicted octanol–water partition coefficient (Wildman–Crippen LogP) is 6.81. The van der Waals surface area contributed by atoms with Crippen molar-refractivity contribution in [2.75, 3.05) is 0 Å². The lowest BCUT2D eigenvalue weighted by atomic mass is 9.77. The van der Waals surface area contributed by atoms with Crippen molar-refractivity contribution in [1.29, 1.82) is 0 Å². The fourth-order valence-electron chi connectivity index (χ4n) is 4.09. The van der Waals surface area contributed by atoms with Gasteiger partial charge in [0.15, 0.2) is 5.78 Å². The number of hydrogen-bond donors (Lipinski definition) is 0. The van der Waals surface area contributed by atoms with Crippen LogP contribution in [0, 0.1) is 6.92 Å². The first-order chi connectivity index (χ1) is 13.0. The highest BCUT2D eigenvalue weighted by atomic mass is 35.5. The Bertz CT molecular complexity index is 980. The first-order valence-electron chi connectivity index (χ1n) is 9.84. The Hall–Kier alpha value is -1.90. The predicted molar refractivity (Wildman–Crippen MR) is 118 cm³/mol. The maximum atomic E-state index is 13.4. The fraction of sp³-hybridized carbons (Fsp3) is 0.400. The van der Waals surface area contributed by atoms with E-state index in [-0.39, 0.29) is 5.78 Å². The smallest absolute Gasteiger partial charge is 0.194 e. The Labute approximate surface area is 173 Å². The van der Waals surface area contributed by atoms with Gasteiger partial charge in [0.05, 0.1) is 5.60 Å². The lowest BCUT2D eigenvalue weighted by Gasteiger charge is -2.42. The molecule has 0 atom stereocenters. The van der Waals surface area contributed by atoms with E-state index < -0.39 is 11.2 Å². The summed E-state index contributed by atoms with van der Waals surface area (Å²) in [4.78, 5) is 13.4. The molecule has 2 nitrogen and oxygen atoms in total. The number of aryl methyl sites for hydroxylation is 2. The van der Waals surface area contributed by atoms with Crippen LogP contribution in [0.5, 0.6) is 0 Å². The largest absolute Gasteiger partial charge is 0.357 e. The molecule has 2 aromatic rings. The van der Waals surface area contributed by atoms with Gasteiger partial charge in [-0.05, 0) is 99.6 Å². The number of ether oxygens (including phenoxy) is 1. The first kappa shape index (κ1) is 20.8. The van der Waals surface area contributed by atoms with Gasteiger partial charge in [-0.1, -0.05) is 36.7 Å². The van der Waals surface area contributed by atoms with Crippen LogP contribution in [-0.4, -0.2) is 17.0 Å². The minimum absolute atomic E-state index is 0.0454. The van der Waals surface area contributed by atoms with Gasteiger partial charge in [-0.3, -0.25) is 4.79 Å². The van der Waals surface area contributed by atoms with Gasteiger partial charge < -0.3 is 4.74 Å². The molecule has 0 saturated heterocycles. The standard InChI is InChI=1S/C25H29ClO2/c1-8-17-9-10-18(20-12-11-19(26)13-15(20)2)14-21(17)22-16(3)24(4,5)28-25(6,7)23(22)27/h9-14H,8H2,1-7H3. The molecule has 0 fully saturated rings. The topological polar surface area (TPSA) is 26.3 Å². The lowest BCUT2D eigenvalue weighted by molar-refractivity contribution is -0.152. The summed E-state index contributed by atoms with van der Waals surface area (Å²) in [7, 11) is 0. The molecule has 1 heterocycles. The zero-order chi connectivity index (χ0) is 20.9. The van der Waals surface area contributed by atoms with E-state index in [2.05, 4.69) is 32.0 Å². The highest BCUT2D eigenvalue weighted by Gasteiger charge is 2.45. The molecule has 0 aromatic heterocycles. The molecule has 1 aliphatic rings. The monoisotopic (exact) mass is 396 g/mol. The van der Waals surface area contributed by atoms with Crippen molar-refractivity contribution in [2.24, 2.45) is 0 Å². The van der Waals surface area contributed by atoms with E-state index in [9.17, 15) is 4.79 Å². The molecule has 0 aliphatic carbocycles. The molecule has 28 heavy (non-hydrogen) atoms. The summed E-state index contributed by atoms with van der Waals surface area (Å²) < 4.78 is 6.14. The Balaban J connectivity index is 2.27. The van der Waals surface area contributed by atoms with Gasteiger partial charge in [0.1, 0.15) is 5.60 Å². The molecule has 0 saturated carbocycles. The Morgan fingerprint density at radius 2 is 1.61 bits per heavy atom. The van der Waals surface area contributed by atoms with Crippen LogP contribution in [-0.2, 0) is 16.0 Å². The maximum absolute atomic E-state index is 13.4. The van der Waals surface area contributed by atoms with Gasteiger partial charge in [-0.2, -0.15) is 0 Å². The van der Waals surface area contributed by atoms with Crippen LogP contribution < -0.4 is 0 Å². The molecule has 3 heteroatoms. The molecule has 1 aliphatic heterocycles. The molecule has 0 unspecified atom stereocenters. The van der Waals surface area contributed by atoms with E-state index in [1.807, 2.05) is 52.8 Å². The number of hydrogen-bond acceptors (Lipinski definition) is 2. The molecule has 0 bridgehead atoms. The van der Waals surface area contributed by atoms with Gasteiger partial charge in [-0.15, -0.1) is 0 Å². The highest BCUT2D eigenvalue weighted by molar-refractivity contribution is 6.30. The summed E-state index contributed by atoms with van der Waals surface area (Å²) in [5.41, 5.74) is 5.96. The van der Waals surface area contributed by atoms with Crippen molar-refractivity contribution >= 4 is 23.0 Å². The Morgan fingerprint density at radius 1 is 0.929 bits per heavy atom. The van der Waals surface area contributed by atoms with Gasteiger partial charge in [0.2, 0.25) is 0 Å². The molecule has 148 valence electrons. The third-order valence-corrected chi connectivity index (χ3v) is 6.06. The molecule has 0 radical (unpaired) electrons. The molecule has 0 amide bonds. The van der Waals surface area contributed by atoms with Crippen LogP contribution in [0.25, 0.3) is 16.7 Å². The van der Waals surface area contributed by atoms with E-state index in [0.29, 0.717) is 0 Å². The third-order valence-electron chi connectivity index (χ3n) is 5.82. The average Bonchev–Trinajstić information content (AvgIpc) is 2.60. The van der Waals surface area contributed by atoms with Gasteiger partial charge in [0.25, 0.3) is 0 Å². The lowest BCUT2D eigenvalue weighted by Crippen LogP contribution is -2.49. The maximum Gasteiger partial charge on any atom is 0.194 e. The van der Waals surface area contributed by atoms with Crippen molar-refractivity contribution in [3.05, 3.63) is 63.7 Å². The number of rotatable bonds is 3. The third kappa shape index (κ3) is 3.56. The highest BCUT2D eigenvalue weighted by Crippen LogP contribution is 2.42. The second-order valence-electron chi connectivity index (χ2n) is 8.64. The van der Waals surface area contributed by atoms with Crippen LogP contribution in [0.4, 0.5) is 0 Å². The molecular weight excluding hydrogens is 368 g/mol.